The van der Waals surface area contributed by atoms with E-state index in [2.05, 4.69) is 19.1 Å². The molecule has 0 aliphatic rings. The van der Waals surface area contributed by atoms with Crippen LogP contribution in [-0.2, 0) is 5.41 Å². The minimum Gasteiger partial charge on any atom is -0.508 e. The number of benzene rings is 2. The van der Waals surface area contributed by atoms with Crippen molar-refractivity contribution in [2.75, 3.05) is 0 Å². The van der Waals surface area contributed by atoms with Gasteiger partial charge >= 0.3 is 0 Å². The molecule has 0 aliphatic heterocycles. The third kappa shape index (κ3) is 5.50. The summed E-state index contributed by atoms with van der Waals surface area (Å²) in [5.74, 6) is 0.165. The average molecular weight is 342 g/mol. The van der Waals surface area contributed by atoms with Gasteiger partial charge in [-0.3, -0.25) is 0 Å². The second-order valence-electron chi connectivity index (χ2n) is 7.81. The van der Waals surface area contributed by atoms with Crippen molar-refractivity contribution < 1.29 is 15.3 Å². The number of phenols is 2. The molecule has 0 heterocycles. The minimum absolute atomic E-state index is 0.0826. The first-order valence-electron chi connectivity index (χ1n) is 9.02. The fourth-order valence-electron chi connectivity index (χ4n) is 3.39. The van der Waals surface area contributed by atoms with Gasteiger partial charge in [0.1, 0.15) is 11.5 Å². The SMILES string of the molecule is CC(C)(O)CCCCCC(C)(c1ccccc1)c1cc(O)cc(O)c1. The van der Waals surface area contributed by atoms with Gasteiger partial charge in [0.25, 0.3) is 0 Å². The normalized spacial score (nSPS) is 14.2. The molecule has 0 aliphatic carbocycles. The standard InChI is InChI=1S/C22H30O3/c1-21(2,25)12-8-5-9-13-22(3,17-10-6-4-7-11-17)18-14-19(23)16-20(24)15-18/h4,6-7,10-11,14-16,23-25H,5,8-9,12-13H2,1-3H3. The Balaban J connectivity index is 2.19. The summed E-state index contributed by atoms with van der Waals surface area (Å²) in [5.41, 5.74) is 1.19. The van der Waals surface area contributed by atoms with Crippen LogP contribution in [0.25, 0.3) is 0 Å². The Kier molecular flexibility index (Phi) is 6.12. The van der Waals surface area contributed by atoms with Crippen molar-refractivity contribution in [1.29, 1.82) is 0 Å². The zero-order valence-electron chi connectivity index (χ0n) is 15.5. The van der Waals surface area contributed by atoms with E-state index in [1.54, 1.807) is 12.1 Å². The summed E-state index contributed by atoms with van der Waals surface area (Å²) in [5, 5.41) is 29.7. The summed E-state index contributed by atoms with van der Waals surface area (Å²) in [6.45, 7) is 5.85. The molecule has 2 aromatic carbocycles. The summed E-state index contributed by atoms with van der Waals surface area (Å²) >= 11 is 0. The Morgan fingerprint density at radius 3 is 1.84 bits per heavy atom. The Morgan fingerprint density at radius 2 is 1.28 bits per heavy atom. The summed E-state index contributed by atoms with van der Waals surface area (Å²) in [6.07, 6.45) is 4.74. The van der Waals surface area contributed by atoms with Gasteiger partial charge in [0.05, 0.1) is 5.60 Å². The van der Waals surface area contributed by atoms with Crippen LogP contribution in [0.1, 0.15) is 64.0 Å². The topological polar surface area (TPSA) is 60.7 Å². The van der Waals surface area contributed by atoms with Gasteiger partial charge in [-0.25, -0.2) is 0 Å². The fraction of sp³-hybridized carbons (Fsp3) is 0.455. The number of aromatic hydroxyl groups is 2. The first-order valence-corrected chi connectivity index (χ1v) is 9.02. The summed E-state index contributed by atoms with van der Waals surface area (Å²) in [4.78, 5) is 0. The van der Waals surface area contributed by atoms with Crippen LogP contribution in [0.5, 0.6) is 11.5 Å². The molecule has 2 aromatic rings. The van der Waals surface area contributed by atoms with Crippen LogP contribution >= 0.6 is 0 Å². The highest BCUT2D eigenvalue weighted by molar-refractivity contribution is 5.45. The van der Waals surface area contributed by atoms with Crippen LogP contribution in [0.15, 0.2) is 48.5 Å². The summed E-state index contributed by atoms with van der Waals surface area (Å²) < 4.78 is 0. The lowest BCUT2D eigenvalue weighted by atomic mass is 9.72. The van der Waals surface area contributed by atoms with E-state index < -0.39 is 5.60 Å². The quantitative estimate of drug-likeness (QED) is 0.583. The zero-order valence-corrected chi connectivity index (χ0v) is 15.5. The number of hydrogen-bond acceptors (Lipinski definition) is 3. The average Bonchev–Trinajstić information content (AvgIpc) is 2.53. The Morgan fingerprint density at radius 1 is 0.720 bits per heavy atom. The van der Waals surface area contributed by atoms with Crippen molar-refractivity contribution in [3.8, 4) is 11.5 Å². The van der Waals surface area contributed by atoms with E-state index in [0.717, 1.165) is 37.7 Å². The van der Waals surface area contributed by atoms with Crippen LogP contribution < -0.4 is 0 Å². The zero-order chi connectivity index (χ0) is 18.5. The molecule has 1 atom stereocenters. The molecule has 0 spiro atoms. The van der Waals surface area contributed by atoms with Gasteiger partial charge in [-0.1, -0.05) is 56.5 Å². The van der Waals surface area contributed by atoms with Crippen molar-refractivity contribution >= 4 is 0 Å². The largest absolute Gasteiger partial charge is 0.508 e. The summed E-state index contributed by atoms with van der Waals surface area (Å²) in [7, 11) is 0. The number of unbranched alkanes of at least 4 members (excludes halogenated alkanes) is 2. The monoisotopic (exact) mass is 342 g/mol. The Bertz CT molecular complexity index is 653. The minimum atomic E-state index is -0.611. The second-order valence-corrected chi connectivity index (χ2v) is 7.81. The van der Waals surface area contributed by atoms with Crippen molar-refractivity contribution in [3.63, 3.8) is 0 Å². The highest BCUT2D eigenvalue weighted by Gasteiger charge is 2.29. The molecular weight excluding hydrogens is 312 g/mol. The van der Waals surface area contributed by atoms with E-state index in [9.17, 15) is 15.3 Å². The molecule has 0 aromatic heterocycles. The fourth-order valence-corrected chi connectivity index (χ4v) is 3.39. The van der Waals surface area contributed by atoms with E-state index in [-0.39, 0.29) is 16.9 Å². The molecule has 0 bridgehead atoms. The molecule has 0 radical (unpaired) electrons. The van der Waals surface area contributed by atoms with E-state index in [0.29, 0.717) is 0 Å². The van der Waals surface area contributed by atoms with Crippen molar-refractivity contribution in [1.82, 2.24) is 0 Å². The number of phenolic OH excluding ortho intramolecular Hbond substituents is 2. The van der Waals surface area contributed by atoms with Gasteiger partial charge in [0.2, 0.25) is 0 Å². The van der Waals surface area contributed by atoms with Gasteiger partial charge < -0.3 is 15.3 Å². The number of aliphatic hydroxyl groups is 1. The van der Waals surface area contributed by atoms with E-state index in [4.69, 9.17) is 0 Å². The predicted octanol–water partition coefficient (Wildman–Crippen LogP) is 5.13. The lowest BCUT2D eigenvalue weighted by molar-refractivity contribution is 0.0679. The first-order chi connectivity index (χ1) is 11.7. The van der Waals surface area contributed by atoms with Crippen LogP contribution in [0.3, 0.4) is 0 Å². The van der Waals surface area contributed by atoms with Gasteiger partial charge in [-0.15, -0.1) is 0 Å². The van der Waals surface area contributed by atoms with Crippen LogP contribution in [0.2, 0.25) is 0 Å². The lowest BCUT2D eigenvalue weighted by Gasteiger charge is -2.31. The molecule has 0 amide bonds. The van der Waals surface area contributed by atoms with Gasteiger partial charge in [-0.2, -0.15) is 0 Å². The molecule has 1 unspecified atom stereocenters. The molecule has 2 rings (SSSR count). The maximum Gasteiger partial charge on any atom is 0.119 e. The van der Waals surface area contributed by atoms with Crippen LogP contribution in [0.4, 0.5) is 0 Å². The Hall–Kier alpha value is -2.00. The third-order valence-corrected chi connectivity index (χ3v) is 4.92. The van der Waals surface area contributed by atoms with Gasteiger partial charge in [0.15, 0.2) is 0 Å². The van der Waals surface area contributed by atoms with Crippen molar-refractivity contribution in [2.24, 2.45) is 0 Å². The Labute approximate surface area is 151 Å². The van der Waals surface area contributed by atoms with Crippen LogP contribution in [0, 0.1) is 0 Å². The molecular formula is C22H30O3. The van der Waals surface area contributed by atoms with E-state index in [1.807, 2.05) is 32.0 Å². The van der Waals surface area contributed by atoms with E-state index >= 15 is 0 Å². The third-order valence-electron chi connectivity index (χ3n) is 4.92. The molecule has 3 heteroatoms. The van der Waals surface area contributed by atoms with Crippen LogP contribution in [-0.4, -0.2) is 20.9 Å². The maximum absolute atomic E-state index is 9.92. The van der Waals surface area contributed by atoms with E-state index in [1.165, 1.54) is 11.6 Å². The molecule has 0 saturated carbocycles. The highest BCUT2D eigenvalue weighted by Crippen LogP contribution is 2.39. The molecule has 136 valence electrons. The maximum atomic E-state index is 9.92. The smallest absolute Gasteiger partial charge is 0.119 e. The first kappa shape index (κ1) is 19.3. The predicted molar refractivity (Wildman–Crippen MR) is 102 cm³/mol. The van der Waals surface area contributed by atoms with Gasteiger partial charge in [-0.05, 0) is 49.9 Å². The van der Waals surface area contributed by atoms with Gasteiger partial charge in [0, 0.05) is 11.5 Å². The summed E-state index contributed by atoms with van der Waals surface area (Å²) in [6, 6.07) is 15.1. The highest BCUT2D eigenvalue weighted by atomic mass is 16.3. The molecule has 0 fully saturated rings. The molecule has 25 heavy (non-hydrogen) atoms. The molecule has 3 nitrogen and oxygen atoms in total. The van der Waals surface area contributed by atoms with Crippen molar-refractivity contribution in [2.45, 2.75) is 63.9 Å². The van der Waals surface area contributed by atoms with Crippen molar-refractivity contribution in [3.05, 3.63) is 59.7 Å². The number of rotatable bonds is 8. The second kappa shape index (κ2) is 7.92. The lowest BCUT2D eigenvalue weighted by Crippen LogP contribution is -2.24. The number of hydrogen-bond donors (Lipinski definition) is 3. The molecule has 3 N–H and O–H groups in total. The molecule has 0 saturated heterocycles.